The van der Waals surface area contributed by atoms with Crippen LogP contribution in [0.4, 0.5) is 0 Å². The van der Waals surface area contributed by atoms with Crippen LogP contribution < -0.4 is 5.32 Å². The minimum absolute atomic E-state index is 0.269. The van der Waals surface area contributed by atoms with Crippen LogP contribution in [0.2, 0.25) is 0 Å². The zero-order valence-electron chi connectivity index (χ0n) is 8.59. The fourth-order valence-corrected chi connectivity index (χ4v) is 1.36. The molecular formula is C9H21NOS. The van der Waals surface area contributed by atoms with Gasteiger partial charge in [-0.15, -0.1) is 0 Å². The topological polar surface area (TPSA) is 29.1 Å². The summed E-state index contributed by atoms with van der Waals surface area (Å²) in [6, 6.07) is 0.594. The molecule has 12 heavy (non-hydrogen) atoms. The molecule has 0 radical (unpaired) electrons. The molecule has 2 nitrogen and oxygen atoms in total. The Hall–Kier alpha value is 0.110. The van der Waals surface area contributed by atoms with Crippen molar-refractivity contribution in [1.82, 2.24) is 5.32 Å². The lowest BCUT2D eigenvalue weighted by Crippen LogP contribution is -2.35. The summed E-state index contributed by atoms with van der Waals surface area (Å²) in [5.41, 5.74) is 0. The normalized spacial score (nSPS) is 16.4. The van der Waals surface area contributed by atoms with Gasteiger partial charge in [-0.3, -0.25) is 4.21 Å². The smallest absolute Gasteiger partial charge is 0.0441 e. The van der Waals surface area contributed by atoms with Crippen LogP contribution in [-0.2, 0) is 10.8 Å². The summed E-state index contributed by atoms with van der Waals surface area (Å²) in [5, 5.41) is 3.68. The highest BCUT2D eigenvalue weighted by Gasteiger charge is 2.08. The van der Waals surface area contributed by atoms with Crippen LogP contribution in [-0.4, -0.2) is 28.3 Å². The Morgan fingerprint density at radius 1 is 1.33 bits per heavy atom. The Labute approximate surface area is 78.6 Å². The molecule has 2 atom stereocenters. The van der Waals surface area contributed by atoms with E-state index in [4.69, 9.17) is 0 Å². The van der Waals surface area contributed by atoms with Crippen molar-refractivity contribution < 1.29 is 4.21 Å². The van der Waals surface area contributed by atoms with Gasteiger partial charge < -0.3 is 5.32 Å². The molecule has 0 saturated heterocycles. The minimum atomic E-state index is -0.693. The highest BCUT2D eigenvalue weighted by molar-refractivity contribution is 7.84. The molecule has 0 aliphatic heterocycles. The van der Waals surface area contributed by atoms with Gasteiger partial charge >= 0.3 is 0 Å². The van der Waals surface area contributed by atoms with E-state index >= 15 is 0 Å². The maximum absolute atomic E-state index is 11.0. The zero-order chi connectivity index (χ0) is 9.56. The first kappa shape index (κ1) is 12.1. The summed E-state index contributed by atoms with van der Waals surface area (Å²) < 4.78 is 11.0. The summed E-state index contributed by atoms with van der Waals surface area (Å²) in [6.07, 6.45) is 4.07. The molecule has 2 unspecified atom stereocenters. The number of rotatable bonds is 6. The summed E-state index contributed by atoms with van der Waals surface area (Å²) in [7, 11) is -0.693. The molecule has 0 aliphatic rings. The Morgan fingerprint density at radius 3 is 2.17 bits per heavy atom. The van der Waals surface area contributed by atoms with Gasteiger partial charge in [0.1, 0.15) is 0 Å². The van der Waals surface area contributed by atoms with Gasteiger partial charge in [-0.1, -0.05) is 13.8 Å². The Balaban J connectivity index is 3.58. The molecule has 0 saturated carbocycles. The highest BCUT2D eigenvalue weighted by atomic mass is 32.2. The van der Waals surface area contributed by atoms with Crippen molar-refractivity contribution in [1.29, 1.82) is 0 Å². The third-order valence-corrected chi connectivity index (χ3v) is 3.55. The van der Waals surface area contributed by atoms with Crippen molar-refractivity contribution in [2.45, 2.75) is 44.9 Å². The van der Waals surface area contributed by atoms with Gasteiger partial charge in [0, 0.05) is 34.9 Å². The lowest BCUT2D eigenvalue weighted by atomic mass is 10.2. The average molecular weight is 191 g/mol. The molecule has 0 fully saturated rings. The van der Waals surface area contributed by atoms with Crippen LogP contribution in [0.1, 0.15) is 33.6 Å². The Bertz CT molecular complexity index is 134. The van der Waals surface area contributed by atoms with Gasteiger partial charge in [0.05, 0.1) is 0 Å². The monoisotopic (exact) mass is 191 g/mol. The fourth-order valence-electron chi connectivity index (χ4n) is 1.03. The average Bonchev–Trinajstić information content (AvgIpc) is 2.05. The standard InChI is InChI=1S/C9H21NOS/c1-5-9(6-2)10-7-8(3)12(4)11/h8-10H,5-7H2,1-4H3. The predicted octanol–water partition coefficient (Wildman–Crippen LogP) is 1.53. The van der Waals surface area contributed by atoms with E-state index in [1.54, 1.807) is 6.26 Å². The van der Waals surface area contributed by atoms with Gasteiger partial charge in [-0.2, -0.15) is 0 Å². The Morgan fingerprint density at radius 2 is 1.83 bits per heavy atom. The summed E-state index contributed by atoms with van der Waals surface area (Å²) in [4.78, 5) is 0. The van der Waals surface area contributed by atoms with E-state index in [9.17, 15) is 4.21 Å². The molecular weight excluding hydrogens is 170 g/mol. The summed E-state index contributed by atoms with van der Waals surface area (Å²) in [6.45, 7) is 7.24. The molecule has 1 N–H and O–H groups in total. The molecule has 0 aromatic heterocycles. The first-order valence-corrected chi connectivity index (χ1v) is 6.29. The summed E-state index contributed by atoms with van der Waals surface area (Å²) >= 11 is 0. The Kier molecular flexibility index (Phi) is 6.67. The molecule has 0 bridgehead atoms. The van der Waals surface area contributed by atoms with E-state index in [1.807, 2.05) is 6.92 Å². The molecule has 0 aliphatic carbocycles. The van der Waals surface area contributed by atoms with E-state index in [1.165, 1.54) is 0 Å². The second-order valence-electron chi connectivity index (χ2n) is 3.23. The molecule has 0 amide bonds. The van der Waals surface area contributed by atoms with Gasteiger partial charge in [-0.05, 0) is 19.8 Å². The SMILES string of the molecule is CCC(CC)NCC(C)S(C)=O. The van der Waals surface area contributed by atoms with Crippen molar-refractivity contribution >= 4 is 10.8 Å². The third kappa shape index (κ3) is 4.88. The summed E-state index contributed by atoms with van der Waals surface area (Å²) in [5.74, 6) is 0. The molecule has 3 heteroatoms. The quantitative estimate of drug-likeness (QED) is 0.690. The van der Waals surface area contributed by atoms with Gasteiger partial charge in [-0.25, -0.2) is 0 Å². The maximum atomic E-state index is 11.0. The van der Waals surface area contributed by atoms with E-state index in [0.29, 0.717) is 6.04 Å². The van der Waals surface area contributed by atoms with Gasteiger partial charge in [0.15, 0.2) is 0 Å². The molecule has 74 valence electrons. The first-order valence-electron chi connectivity index (χ1n) is 4.67. The maximum Gasteiger partial charge on any atom is 0.0441 e. The molecule has 0 aromatic carbocycles. The van der Waals surface area contributed by atoms with E-state index in [0.717, 1.165) is 19.4 Å². The predicted molar refractivity (Wildman–Crippen MR) is 55.9 cm³/mol. The number of nitrogens with one attached hydrogen (secondary N) is 1. The zero-order valence-corrected chi connectivity index (χ0v) is 9.41. The molecule has 0 aromatic rings. The largest absolute Gasteiger partial charge is 0.313 e. The minimum Gasteiger partial charge on any atom is -0.313 e. The fraction of sp³-hybridized carbons (Fsp3) is 1.00. The molecule has 0 heterocycles. The van der Waals surface area contributed by atoms with Crippen LogP contribution in [0.5, 0.6) is 0 Å². The molecule has 0 rings (SSSR count). The second-order valence-corrected chi connectivity index (χ2v) is 5.03. The van der Waals surface area contributed by atoms with Crippen molar-refractivity contribution in [3.63, 3.8) is 0 Å². The second kappa shape index (κ2) is 6.61. The van der Waals surface area contributed by atoms with Crippen LogP contribution in [0, 0.1) is 0 Å². The van der Waals surface area contributed by atoms with Crippen molar-refractivity contribution in [3.05, 3.63) is 0 Å². The van der Waals surface area contributed by atoms with Crippen molar-refractivity contribution in [2.24, 2.45) is 0 Å². The highest BCUT2D eigenvalue weighted by Crippen LogP contribution is 1.97. The number of hydrogen-bond acceptors (Lipinski definition) is 2. The van der Waals surface area contributed by atoms with E-state index in [2.05, 4.69) is 19.2 Å². The van der Waals surface area contributed by atoms with Gasteiger partial charge in [0.2, 0.25) is 0 Å². The first-order chi connectivity index (χ1) is 5.61. The lowest BCUT2D eigenvalue weighted by molar-refractivity contribution is 0.485. The third-order valence-electron chi connectivity index (χ3n) is 2.25. The molecule has 0 spiro atoms. The van der Waals surface area contributed by atoms with E-state index in [-0.39, 0.29) is 5.25 Å². The number of hydrogen-bond donors (Lipinski definition) is 1. The van der Waals surface area contributed by atoms with Gasteiger partial charge in [0.25, 0.3) is 0 Å². The lowest BCUT2D eigenvalue weighted by Gasteiger charge is -2.17. The van der Waals surface area contributed by atoms with E-state index < -0.39 is 10.8 Å². The van der Waals surface area contributed by atoms with Crippen molar-refractivity contribution in [3.8, 4) is 0 Å². The van der Waals surface area contributed by atoms with Crippen LogP contribution in [0.25, 0.3) is 0 Å². The van der Waals surface area contributed by atoms with Crippen molar-refractivity contribution in [2.75, 3.05) is 12.8 Å². The van der Waals surface area contributed by atoms with Crippen LogP contribution >= 0.6 is 0 Å². The van der Waals surface area contributed by atoms with Crippen LogP contribution in [0.3, 0.4) is 0 Å². The van der Waals surface area contributed by atoms with Crippen LogP contribution in [0.15, 0.2) is 0 Å².